The zero-order chi connectivity index (χ0) is 13.4. The Labute approximate surface area is 109 Å². The van der Waals surface area contributed by atoms with Crippen molar-refractivity contribution in [3.63, 3.8) is 0 Å². The number of carbonyl (C=O) groups excluding carboxylic acids is 1. The summed E-state index contributed by atoms with van der Waals surface area (Å²) in [5.74, 6) is 0. The quantitative estimate of drug-likeness (QED) is 0.529. The minimum Gasteiger partial charge on any atom is -0.390 e. The molecular formula is C12H26N4O2. The molecule has 0 spiro atoms. The number of carbonyl (C=O) groups is 1. The molecule has 1 rings (SSSR count). The highest BCUT2D eigenvalue weighted by Gasteiger charge is 2.15. The summed E-state index contributed by atoms with van der Waals surface area (Å²) < 4.78 is 0. The monoisotopic (exact) mass is 258 g/mol. The minimum atomic E-state index is -0.326. The molecule has 0 aromatic heterocycles. The lowest BCUT2D eigenvalue weighted by Gasteiger charge is -2.19. The molecule has 0 aromatic rings. The molecule has 106 valence electrons. The van der Waals surface area contributed by atoms with Gasteiger partial charge in [0.1, 0.15) is 0 Å². The second-order valence-electron chi connectivity index (χ2n) is 4.99. The molecule has 1 aliphatic rings. The molecule has 0 radical (unpaired) electrons. The maximum Gasteiger partial charge on any atom is 0.316 e. The van der Waals surface area contributed by atoms with Gasteiger partial charge in [-0.25, -0.2) is 4.79 Å². The zero-order valence-electron chi connectivity index (χ0n) is 11.5. The number of hydrogen-bond donors (Lipinski definition) is 3. The number of likely N-dealkylation sites (tertiary alicyclic amines) is 1. The van der Waals surface area contributed by atoms with Gasteiger partial charge in [-0.15, -0.1) is 0 Å². The topological polar surface area (TPSA) is 67.8 Å². The van der Waals surface area contributed by atoms with Crippen molar-refractivity contribution in [3.05, 3.63) is 0 Å². The SMILES string of the molecule is CN(C)C(=O)NCCNCC(O)CN1CCCC1. The van der Waals surface area contributed by atoms with Crippen LogP contribution in [0.2, 0.25) is 0 Å². The largest absolute Gasteiger partial charge is 0.390 e. The number of urea groups is 1. The van der Waals surface area contributed by atoms with Crippen LogP contribution < -0.4 is 10.6 Å². The molecule has 0 bridgehead atoms. The third kappa shape index (κ3) is 6.18. The fourth-order valence-electron chi connectivity index (χ4n) is 2.01. The summed E-state index contributed by atoms with van der Waals surface area (Å²) in [6.07, 6.45) is 2.17. The number of nitrogens with one attached hydrogen (secondary N) is 2. The molecule has 1 saturated heterocycles. The molecule has 1 aliphatic heterocycles. The van der Waals surface area contributed by atoms with Crippen LogP contribution in [0, 0.1) is 0 Å². The molecule has 1 unspecified atom stereocenters. The smallest absolute Gasteiger partial charge is 0.316 e. The van der Waals surface area contributed by atoms with E-state index >= 15 is 0 Å². The molecule has 0 aliphatic carbocycles. The van der Waals surface area contributed by atoms with E-state index in [0.717, 1.165) is 19.6 Å². The first-order valence-electron chi connectivity index (χ1n) is 6.66. The van der Waals surface area contributed by atoms with Gasteiger partial charge in [-0.1, -0.05) is 0 Å². The average Bonchev–Trinajstić information content (AvgIpc) is 2.80. The van der Waals surface area contributed by atoms with Gasteiger partial charge in [0.05, 0.1) is 6.10 Å². The average molecular weight is 258 g/mol. The van der Waals surface area contributed by atoms with Crippen molar-refractivity contribution in [2.75, 3.05) is 53.4 Å². The fraction of sp³-hybridized carbons (Fsp3) is 0.917. The summed E-state index contributed by atoms with van der Waals surface area (Å²) in [5.41, 5.74) is 0. The van der Waals surface area contributed by atoms with Crippen molar-refractivity contribution < 1.29 is 9.90 Å². The van der Waals surface area contributed by atoms with Gasteiger partial charge >= 0.3 is 6.03 Å². The highest BCUT2D eigenvalue weighted by atomic mass is 16.3. The van der Waals surface area contributed by atoms with E-state index in [1.54, 1.807) is 14.1 Å². The number of aliphatic hydroxyl groups is 1. The summed E-state index contributed by atoms with van der Waals surface area (Å²) in [7, 11) is 3.42. The van der Waals surface area contributed by atoms with Gasteiger partial charge in [-0.05, 0) is 25.9 Å². The Balaban J connectivity index is 1.95. The van der Waals surface area contributed by atoms with Crippen molar-refractivity contribution >= 4 is 6.03 Å². The molecule has 18 heavy (non-hydrogen) atoms. The number of aliphatic hydroxyl groups excluding tert-OH is 1. The first-order valence-corrected chi connectivity index (χ1v) is 6.66. The first kappa shape index (κ1) is 15.2. The van der Waals surface area contributed by atoms with E-state index in [9.17, 15) is 9.90 Å². The van der Waals surface area contributed by atoms with Crippen LogP contribution in [0.15, 0.2) is 0 Å². The van der Waals surface area contributed by atoms with E-state index in [0.29, 0.717) is 19.6 Å². The van der Waals surface area contributed by atoms with Gasteiger partial charge in [0, 0.05) is 40.3 Å². The fourth-order valence-corrected chi connectivity index (χ4v) is 2.01. The van der Waals surface area contributed by atoms with Gasteiger partial charge in [-0.3, -0.25) is 0 Å². The van der Waals surface area contributed by atoms with Crippen LogP contribution in [0.1, 0.15) is 12.8 Å². The van der Waals surface area contributed by atoms with Crippen LogP contribution in [0.4, 0.5) is 4.79 Å². The van der Waals surface area contributed by atoms with Gasteiger partial charge in [0.2, 0.25) is 0 Å². The summed E-state index contributed by atoms with van der Waals surface area (Å²) in [6.45, 7) is 4.79. The standard InChI is InChI=1S/C12H26N4O2/c1-15(2)12(18)14-6-5-13-9-11(17)10-16-7-3-4-8-16/h11,13,17H,3-10H2,1-2H3,(H,14,18). The van der Waals surface area contributed by atoms with Crippen LogP contribution in [0.25, 0.3) is 0 Å². The molecule has 0 saturated carbocycles. The maximum absolute atomic E-state index is 11.2. The second kappa shape index (κ2) is 8.29. The Morgan fingerprint density at radius 3 is 2.61 bits per heavy atom. The van der Waals surface area contributed by atoms with Crippen molar-refractivity contribution in [2.24, 2.45) is 0 Å². The summed E-state index contributed by atoms with van der Waals surface area (Å²) in [6, 6.07) is -0.0885. The van der Waals surface area contributed by atoms with Crippen molar-refractivity contribution in [2.45, 2.75) is 18.9 Å². The zero-order valence-corrected chi connectivity index (χ0v) is 11.5. The molecule has 1 fully saturated rings. The predicted octanol–water partition coefficient (Wildman–Crippen LogP) is -0.696. The third-order valence-electron chi connectivity index (χ3n) is 3.03. The van der Waals surface area contributed by atoms with Gasteiger partial charge in [-0.2, -0.15) is 0 Å². The van der Waals surface area contributed by atoms with Crippen LogP contribution in [-0.4, -0.2) is 80.4 Å². The van der Waals surface area contributed by atoms with E-state index in [4.69, 9.17) is 0 Å². The van der Waals surface area contributed by atoms with Crippen molar-refractivity contribution in [3.8, 4) is 0 Å². The molecule has 1 heterocycles. The predicted molar refractivity (Wildman–Crippen MR) is 71.6 cm³/mol. The second-order valence-corrected chi connectivity index (χ2v) is 4.99. The Bertz CT molecular complexity index is 242. The van der Waals surface area contributed by atoms with Gasteiger partial charge in [0.25, 0.3) is 0 Å². The van der Waals surface area contributed by atoms with Crippen molar-refractivity contribution in [1.29, 1.82) is 0 Å². The summed E-state index contributed by atoms with van der Waals surface area (Å²) in [5, 5.41) is 15.7. The number of β-amino-alcohol motifs (C(OH)–C–C–N with tert-alkyl or cyclic N) is 1. The van der Waals surface area contributed by atoms with Crippen LogP contribution >= 0.6 is 0 Å². The van der Waals surface area contributed by atoms with E-state index in [2.05, 4.69) is 15.5 Å². The molecule has 0 aromatic carbocycles. The lowest BCUT2D eigenvalue weighted by molar-refractivity contribution is 0.124. The normalized spacial score (nSPS) is 17.7. The van der Waals surface area contributed by atoms with E-state index in [1.165, 1.54) is 17.7 Å². The van der Waals surface area contributed by atoms with Gasteiger partial charge < -0.3 is 25.5 Å². The first-order chi connectivity index (χ1) is 8.59. The number of nitrogens with zero attached hydrogens (tertiary/aromatic N) is 2. The van der Waals surface area contributed by atoms with E-state index in [1.807, 2.05) is 0 Å². The lowest BCUT2D eigenvalue weighted by atomic mass is 10.3. The highest BCUT2D eigenvalue weighted by molar-refractivity contribution is 5.73. The van der Waals surface area contributed by atoms with Crippen molar-refractivity contribution in [1.82, 2.24) is 20.4 Å². The van der Waals surface area contributed by atoms with Crippen LogP contribution in [-0.2, 0) is 0 Å². The molecular weight excluding hydrogens is 232 g/mol. The number of amides is 2. The molecule has 6 nitrogen and oxygen atoms in total. The maximum atomic E-state index is 11.2. The molecule has 2 amide bonds. The Morgan fingerprint density at radius 2 is 2.00 bits per heavy atom. The van der Waals surface area contributed by atoms with Crippen LogP contribution in [0.5, 0.6) is 0 Å². The number of hydrogen-bond acceptors (Lipinski definition) is 4. The lowest BCUT2D eigenvalue weighted by Crippen LogP contribution is -2.41. The van der Waals surface area contributed by atoms with Gasteiger partial charge in [0.15, 0.2) is 0 Å². The molecule has 6 heteroatoms. The Morgan fingerprint density at radius 1 is 1.33 bits per heavy atom. The molecule has 3 N–H and O–H groups in total. The van der Waals surface area contributed by atoms with Crippen LogP contribution in [0.3, 0.4) is 0 Å². The van der Waals surface area contributed by atoms with E-state index in [-0.39, 0.29) is 12.1 Å². The minimum absolute atomic E-state index is 0.0885. The molecule has 1 atom stereocenters. The third-order valence-corrected chi connectivity index (χ3v) is 3.03. The highest BCUT2D eigenvalue weighted by Crippen LogP contribution is 2.07. The number of rotatable bonds is 7. The Kier molecular flexibility index (Phi) is 7.00. The van der Waals surface area contributed by atoms with E-state index < -0.39 is 0 Å². The summed E-state index contributed by atoms with van der Waals surface area (Å²) in [4.78, 5) is 15.0. The Hall–Kier alpha value is -0.850. The summed E-state index contributed by atoms with van der Waals surface area (Å²) >= 11 is 0.